The Kier molecular flexibility index (Phi) is 3.34. The minimum Gasteiger partial charge on any atom is -0.490 e. The van der Waals surface area contributed by atoms with E-state index >= 15 is 0 Å². The largest absolute Gasteiger partial charge is 0.490 e. The Morgan fingerprint density at radius 2 is 2.00 bits per heavy atom. The van der Waals surface area contributed by atoms with Crippen molar-refractivity contribution in [3.8, 4) is 11.5 Å². The zero-order chi connectivity index (χ0) is 11.5. The molecule has 0 saturated carbocycles. The molecule has 1 aromatic carbocycles. The second kappa shape index (κ2) is 4.74. The van der Waals surface area contributed by atoms with Crippen LogP contribution in [0.3, 0.4) is 0 Å². The summed E-state index contributed by atoms with van der Waals surface area (Å²) in [5.41, 5.74) is 8.49. The van der Waals surface area contributed by atoms with Gasteiger partial charge in [-0.1, -0.05) is 6.07 Å². The molecule has 2 rings (SSSR count). The lowest BCUT2D eigenvalue weighted by atomic mass is 10.1. The first kappa shape index (κ1) is 11.3. The highest BCUT2D eigenvalue weighted by atomic mass is 16.5. The Labute approximate surface area is 96.5 Å². The van der Waals surface area contributed by atoms with Gasteiger partial charge in [0.1, 0.15) is 0 Å². The standard InChI is InChI=1S/C13H19NO2/c1-3-15-12-8-6-9-10(5-7-11(9)14)13(12)16-4-2/h6,8,11H,3-5,7,14H2,1-2H3. The SMILES string of the molecule is CCOc1ccc2c(c1OCC)CCC2N. The van der Waals surface area contributed by atoms with Gasteiger partial charge in [0.05, 0.1) is 13.2 Å². The first-order chi connectivity index (χ1) is 7.77. The van der Waals surface area contributed by atoms with Crippen molar-refractivity contribution >= 4 is 0 Å². The van der Waals surface area contributed by atoms with Gasteiger partial charge in [0, 0.05) is 11.6 Å². The van der Waals surface area contributed by atoms with Crippen LogP contribution in [0.2, 0.25) is 0 Å². The highest BCUT2D eigenvalue weighted by Crippen LogP contribution is 2.41. The van der Waals surface area contributed by atoms with E-state index in [1.165, 1.54) is 11.1 Å². The zero-order valence-corrected chi connectivity index (χ0v) is 9.95. The summed E-state index contributed by atoms with van der Waals surface area (Å²) in [5.74, 6) is 1.74. The van der Waals surface area contributed by atoms with Gasteiger partial charge in [0.2, 0.25) is 0 Å². The fourth-order valence-corrected chi connectivity index (χ4v) is 2.25. The topological polar surface area (TPSA) is 44.5 Å². The van der Waals surface area contributed by atoms with Crippen molar-refractivity contribution in [2.75, 3.05) is 13.2 Å². The summed E-state index contributed by atoms with van der Waals surface area (Å²) in [6, 6.07) is 4.20. The Morgan fingerprint density at radius 3 is 2.69 bits per heavy atom. The summed E-state index contributed by atoms with van der Waals surface area (Å²) < 4.78 is 11.3. The number of ether oxygens (including phenoxy) is 2. The fraction of sp³-hybridized carbons (Fsp3) is 0.538. The van der Waals surface area contributed by atoms with Gasteiger partial charge in [-0.3, -0.25) is 0 Å². The van der Waals surface area contributed by atoms with Crippen LogP contribution < -0.4 is 15.2 Å². The van der Waals surface area contributed by atoms with Crippen molar-refractivity contribution in [1.29, 1.82) is 0 Å². The molecule has 2 N–H and O–H groups in total. The second-order valence-electron chi connectivity index (χ2n) is 3.97. The molecule has 1 atom stereocenters. The molecular weight excluding hydrogens is 202 g/mol. The molecule has 1 aliphatic carbocycles. The maximum atomic E-state index is 6.04. The van der Waals surface area contributed by atoms with Crippen molar-refractivity contribution in [2.45, 2.75) is 32.7 Å². The van der Waals surface area contributed by atoms with Crippen molar-refractivity contribution < 1.29 is 9.47 Å². The van der Waals surface area contributed by atoms with Crippen molar-refractivity contribution in [3.63, 3.8) is 0 Å². The highest BCUT2D eigenvalue weighted by Gasteiger charge is 2.24. The molecular formula is C13H19NO2. The molecule has 0 fully saturated rings. The van der Waals surface area contributed by atoms with Crippen LogP contribution >= 0.6 is 0 Å². The summed E-state index contributed by atoms with van der Waals surface area (Å²) in [7, 11) is 0. The molecule has 1 unspecified atom stereocenters. The lowest BCUT2D eigenvalue weighted by Gasteiger charge is -2.15. The molecule has 0 heterocycles. The third-order valence-electron chi connectivity index (χ3n) is 2.95. The molecule has 3 nitrogen and oxygen atoms in total. The summed E-state index contributed by atoms with van der Waals surface area (Å²) in [5, 5.41) is 0. The molecule has 0 saturated heterocycles. The van der Waals surface area contributed by atoms with Gasteiger partial charge in [-0.15, -0.1) is 0 Å². The predicted molar refractivity (Wildman–Crippen MR) is 64.0 cm³/mol. The molecule has 3 heteroatoms. The monoisotopic (exact) mass is 221 g/mol. The van der Waals surface area contributed by atoms with Gasteiger partial charge in [-0.05, 0) is 38.3 Å². The van der Waals surface area contributed by atoms with E-state index in [4.69, 9.17) is 15.2 Å². The minimum absolute atomic E-state index is 0.157. The van der Waals surface area contributed by atoms with Crippen LogP contribution in [0.15, 0.2) is 12.1 Å². The molecule has 1 aliphatic rings. The normalized spacial score (nSPS) is 18.3. The molecule has 0 aliphatic heterocycles. The molecule has 0 amide bonds. The third kappa shape index (κ3) is 1.87. The van der Waals surface area contributed by atoms with Crippen LogP contribution in [0, 0.1) is 0 Å². The number of hydrogen-bond donors (Lipinski definition) is 1. The summed E-state index contributed by atoms with van der Waals surface area (Å²) >= 11 is 0. The Balaban J connectivity index is 2.42. The van der Waals surface area contributed by atoms with E-state index in [2.05, 4.69) is 6.07 Å². The van der Waals surface area contributed by atoms with Gasteiger partial charge in [-0.2, -0.15) is 0 Å². The van der Waals surface area contributed by atoms with Crippen LogP contribution in [0.1, 0.15) is 37.4 Å². The van der Waals surface area contributed by atoms with E-state index in [-0.39, 0.29) is 6.04 Å². The molecule has 88 valence electrons. The van der Waals surface area contributed by atoms with Crippen LogP contribution in [-0.4, -0.2) is 13.2 Å². The van der Waals surface area contributed by atoms with E-state index in [1.54, 1.807) is 0 Å². The predicted octanol–water partition coefficient (Wildman–Crippen LogP) is 2.43. The van der Waals surface area contributed by atoms with Crippen LogP contribution in [0.25, 0.3) is 0 Å². The van der Waals surface area contributed by atoms with Crippen molar-refractivity contribution in [2.24, 2.45) is 5.73 Å². The van der Waals surface area contributed by atoms with E-state index in [9.17, 15) is 0 Å². The number of nitrogens with two attached hydrogens (primary N) is 1. The van der Waals surface area contributed by atoms with Crippen molar-refractivity contribution in [3.05, 3.63) is 23.3 Å². The van der Waals surface area contributed by atoms with Crippen molar-refractivity contribution in [1.82, 2.24) is 0 Å². The Hall–Kier alpha value is -1.22. The zero-order valence-electron chi connectivity index (χ0n) is 9.95. The summed E-state index contributed by atoms with van der Waals surface area (Å²) in [6.07, 6.45) is 2.00. The first-order valence-corrected chi connectivity index (χ1v) is 5.94. The number of hydrogen-bond acceptors (Lipinski definition) is 3. The number of rotatable bonds is 4. The lowest BCUT2D eigenvalue weighted by molar-refractivity contribution is 0.285. The molecule has 1 aromatic rings. The first-order valence-electron chi connectivity index (χ1n) is 5.94. The van der Waals surface area contributed by atoms with E-state index in [0.29, 0.717) is 13.2 Å². The van der Waals surface area contributed by atoms with E-state index in [1.807, 2.05) is 19.9 Å². The smallest absolute Gasteiger partial charge is 0.164 e. The second-order valence-corrected chi connectivity index (χ2v) is 3.97. The van der Waals surface area contributed by atoms with Gasteiger partial charge in [-0.25, -0.2) is 0 Å². The van der Waals surface area contributed by atoms with Gasteiger partial charge in [0.25, 0.3) is 0 Å². The fourth-order valence-electron chi connectivity index (χ4n) is 2.25. The average molecular weight is 221 g/mol. The molecule has 0 aromatic heterocycles. The molecule has 0 radical (unpaired) electrons. The Morgan fingerprint density at radius 1 is 1.25 bits per heavy atom. The maximum absolute atomic E-state index is 6.04. The summed E-state index contributed by atoms with van der Waals surface area (Å²) in [6.45, 7) is 5.29. The Bertz CT molecular complexity index is 376. The van der Waals surface area contributed by atoms with Crippen LogP contribution in [0.4, 0.5) is 0 Å². The lowest BCUT2D eigenvalue weighted by Crippen LogP contribution is -2.06. The molecule has 0 bridgehead atoms. The highest BCUT2D eigenvalue weighted by molar-refractivity contribution is 5.53. The molecule has 0 spiro atoms. The minimum atomic E-state index is 0.157. The maximum Gasteiger partial charge on any atom is 0.164 e. The van der Waals surface area contributed by atoms with E-state index in [0.717, 1.165) is 24.3 Å². The van der Waals surface area contributed by atoms with Crippen LogP contribution in [-0.2, 0) is 6.42 Å². The van der Waals surface area contributed by atoms with Gasteiger partial charge >= 0.3 is 0 Å². The quantitative estimate of drug-likeness (QED) is 0.849. The number of fused-ring (bicyclic) bond motifs is 1. The summed E-state index contributed by atoms with van der Waals surface area (Å²) in [4.78, 5) is 0. The molecule has 16 heavy (non-hydrogen) atoms. The van der Waals surface area contributed by atoms with Gasteiger partial charge < -0.3 is 15.2 Å². The van der Waals surface area contributed by atoms with Crippen LogP contribution in [0.5, 0.6) is 11.5 Å². The van der Waals surface area contributed by atoms with Gasteiger partial charge in [0.15, 0.2) is 11.5 Å². The average Bonchev–Trinajstić information content (AvgIpc) is 2.65. The third-order valence-corrected chi connectivity index (χ3v) is 2.95. The number of benzene rings is 1. The van der Waals surface area contributed by atoms with E-state index < -0.39 is 0 Å².